The van der Waals surface area contributed by atoms with Gasteiger partial charge >= 0.3 is 0 Å². The molecule has 2 saturated heterocycles. The number of hydrogen-bond donors (Lipinski definition) is 1. The van der Waals surface area contributed by atoms with Crippen LogP contribution in [-0.2, 0) is 11.3 Å². The number of piperidine rings is 1. The highest BCUT2D eigenvalue weighted by Gasteiger charge is 2.32. The van der Waals surface area contributed by atoms with Crippen molar-refractivity contribution in [3.8, 4) is 0 Å². The van der Waals surface area contributed by atoms with Gasteiger partial charge in [0.1, 0.15) is 11.5 Å². The molecule has 1 N–H and O–H groups in total. The first kappa shape index (κ1) is 18.4. The fourth-order valence-electron chi connectivity index (χ4n) is 4.20. The molecule has 2 fully saturated rings. The van der Waals surface area contributed by atoms with Crippen LogP contribution in [0.25, 0.3) is 0 Å². The minimum absolute atomic E-state index is 0.190. The molecule has 0 aromatic carbocycles. The summed E-state index contributed by atoms with van der Waals surface area (Å²) in [6.07, 6.45) is 2.91. The maximum Gasteiger partial charge on any atom is 0.219 e. The predicted molar refractivity (Wildman–Crippen MR) is 96.2 cm³/mol. The van der Waals surface area contributed by atoms with Crippen molar-refractivity contribution >= 4 is 5.91 Å². The van der Waals surface area contributed by atoms with E-state index in [1.54, 1.807) is 6.92 Å². The van der Waals surface area contributed by atoms with E-state index >= 15 is 0 Å². The molecule has 6 nitrogen and oxygen atoms in total. The smallest absolute Gasteiger partial charge is 0.219 e. The number of piperazine rings is 1. The normalized spacial score (nSPS) is 24.0. The monoisotopic (exact) mass is 349 g/mol. The summed E-state index contributed by atoms with van der Waals surface area (Å²) in [5.41, 5.74) is 0. The summed E-state index contributed by atoms with van der Waals surface area (Å²) in [5.74, 6) is 2.14. The van der Waals surface area contributed by atoms with Crippen molar-refractivity contribution in [3.63, 3.8) is 0 Å². The standard InChI is InChI=1S/C19H31N3O3/c1-15-3-4-19(25-15)14-22-11-10-21(13-18(22)7-12-23)17-5-8-20(9-6-17)16(2)24/h3-4,17-18,23H,5-14H2,1-2H3/t18-/m0/s1. The second-order valence-electron chi connectivity index (χ2n) is 7.38. The van der Waals surface area contributed by atoms with Crippen LogP contribution < -0.4 is 0 Å². The van der Waals surface area contributed by atoms with Crippen LogP contribution in [0.5, 0.6) is 0 Å². The lowest BCUT2D eigenvalue weighted by Gasteiger charge is -2.46. The number of nitrogens with zero attached hydrogens (tertiary/aromatic N) is 3. The Hall–Kier alpha value is -1.37. The van der Waals surface area contributed by atoms with Gasteiger partial charge < -0.3 is 14.4 Å². The maximum absolute atomic E-state index is 11.5. The zero-order chi connectivity index (χ0) is 17.8. The minimum Gasteiger partial charge on any atom is -0.465 e. The number of carbonyl (C=O) groups excluding carboxylic acids is 1. The van der Waals surface area contributed by atoms with Crippen LogP contribution in [0, 0.1) is 6.92 Å². The molecule has 1 aromatic heterocycles. The Morgan fingerprint density at radius 3 is 2.60 bits per heavy atom. The van der Waals surface area contributed by atoms with Crippen LogP contribution in [0.2, 0.25) is 0 Å². The second-order valence-corrected chi connectivity index (χ2v) is 7.38. The van der Waals surface area contributed by atoms with Crippen LogP contribution in [0.1, 0.15) is 37.7 Å². The molecule has 140 valence electrons. The van der Waals surface area contributed by atoms with Crippen molar-refractivity contribution in [2.24, 2.45) is 0 Å². The summed E-state index contributed by atoms with van der Waals surface area (Å²) in [5, 5.41) is 9.49. The van der Waals surface area contributed by atoms with Crippen molar-refractivity contribution in [1.82, 2.24) is 14.7 Å². The highest BCUT2D eigenvalue weighted by Crippen LogP contribution is 2.23. The Bertz CT molecular complexity index is 566. The highest BCUT2D eigenvalue weighted by atomic mass is 16.3. The number of furan rings is 1. The van der Waals surface area contributed by atoms with Gasteiger partial charge in [-0.25, -0.2) is 0 Å². The van der Waals surface area contributed by atoms with E-state index in [0.717, 1.165) is 70.1 Å². The van der Waals surface area contributed by atoms with E-state index < -0.39 is 0 Å². The van der Waals surface area contributed by atoms with E-state index in [1.807, 2.05) is 17.9 Å². The fraction of sp³-hybridized carbons (Fsp3) is 0.737. The molecule has 0 unspecified atom stereocenters. The number of rotatable bonds is 5. The van der Waals surface area contributed by atoms with Crippen molar-refractivity contribution in [2.75, 3.05) is 39.3 Å². The van der Waals surface area contributed by atoms with Crippen LogP contribution in [-0.4, -0.2) is 77.1 Å². The van der Waals surface area contributed by atoms with Crippen molar-refractivity contribution < 1.29 is 14.3 Å². The van der Waals surface area contributed by atoms with Crippen molar-refractivity contribution in [1.29, 1.82) is 0 Å². The zero-order valence-electron chi connectivity index (χ0n) is 15.5. The third kappa shape index (κ3) is 4.63. The predicted octanol–water partition coefficient (Wildman–Crippen LogP) is 1.47. The van der Waals surface area contributed by atoms with Gasteiger partial charge in [0.2, 0.25) is 5.91 Å². The highest BCUT2D eigenvalue weighted by molar-refractivity contribution is 5.73. The molecule has 2 aliphatic rings. The number of aryl methyl sites for hydroxylation is 1. The zero-order valence-corrected chi connectivity index (χ0v) is 15.5. The molecular formula is C19H31N3O3. The molecule has 0 bridgehead atoms. The van der Waals surface area contributed by atoms with Gasteiger partial charge in [0.25, 0.3) is 0 Å². The van der Waals surface area contributed by atoms with E-state index in [9.17, 15) is 9.90 Å². The summed E-state index contributed by atoms with van der Waals surface area (Å²) in [6.45, 7) is 9.44. The van der Waals surface area contributed by atoms with Crippen molar-refractivity contribution in [3.05, 3.63) is 23.7 Å². The number of likely N-dealkylation sites (tertiary alicyclic amines) is 1. The second kappa shape index (κ2) is 8.34. The molecule has 3 heterocycles. The molecule has 2 aliphatic heterocycles. The first-order chi connectivity index (χ1) is 12.1. The van der Waals surface area contributed by atoms with Gasteiger partial charge in [-0.2, -0.15) is 0 Å². The lowest BCUT2D eigenvalue weighted by Crippen LogP contribution is -2.57. The Morgan fingerprint density at radius 1 is 1.24 bits per heavy atom. The van der Waals surface area contributed by atoms with Gasteiger partial charge in [-0.05, 0) is 38.3 Å². The number of amides is 1. The first-order valence-corrected chi connectivity index (χ1v) is 9.46. The summed E-state index contributed by atoms with van der Waals surface area (Å²) in [7, 11) is 0. The number of aliphatic hydroxyl groups excluding tert-OH is 1. The number of carbonyl (C=O) groups is 1. The molecule has 1 atom stereocenters. The maximum atomic E-state index is 11.5. The molecule has 1 aromatic rings. The van der Waals surface area contributed by atoms with Crippen LogP contribution in [0.15, 0.2) is 16.5 Å². The summed E-state index contributed by atoms with van der Waals surface area (Å²) < 4.78 is 5.73. The molecule has 0 radical (unpaired) electrons. The molecule has 6 heteroatoms. The topological polar surface area (TPSA) is 60.2 Å². The molecule has 3 rings (SSSR count). The summed E-state index contributed by atoms with van der Waals surface area (Å²) >= 11 is 0. The lowest BCUT2D eigenvalue weighted by molar-refractivity contribution is -0.130. The molecule has 0 aliphatic carbocycles. The molecule has 1 amide bonds. The van der Waals surface area contributed by atoms with Gasteiger partial charge in [-0.1, -0.05) is 0 Å². The Balaban J connectivity index is 1.56. The Kier molecular flexibility index (Phi) is 6.15. The Labute approximate surface area is 150 Å². The molecule has 0 saturated carbocycles. The minimum atomic E-state index is 0.190. The van der Waals surface area contributed by atoms with E-state index in [1.165, 1.54) is 0 Å². The van der Waals surface area contributed by atoms with Crippen LogP contribution in [0.3, 0.4) is 0 Å². The fourth-order valence-corrected chi connectivity index (χ4v) is 4.20. The van der Waals surface area contributed by atoms with Gasteiger partial charge in [-0.15, -0.1) is 0 Å². The van der Waals surface area contributed by atoms with Gasteiger partial charge in [-0.3, -0.25) is 14.6 Å². The van der Waals surface area contributed by atoms with Gasteiger partial charge in [0.05, 0.1) is 6.54 Å². The first-order valence-electron chi connectivity index (χ1n) is 9.46. The average Bonchev–Trinajstić information content (AvgIpc) is 3.02. The Morgan fingerprint density at radius 2 is 2.00 bits per heavy atom. The number of aliphatic hydroxyl groups is 1. The summed E-state index contributed by atoms with van der Waals surface area (Å²) in [4.78, 5) is 18.5. The van der Waals surface area contributed by atoms with Gasteiger partial charge in [0, 0.05) is 58.3 Å². The number of hydrogen-bond acceptors (Lipinski definition) is 5. The molecule has 0 spiro atoms. The van der Waals surface area contributed by atoms with E-state index in [0.29, 0.717) is 12.1 Å². The third-order valence-electron chi connectivity index (χ3n) is 5.68. The van der Waals surface area contributed by atoms with Crippen LogP contribution in [0.4, 0.5) is 0 Å². The van der Waals surface area contributed by atoms with Crippen molar-refractivity contribution in [2.45, 2.75) is 51.7 Å². The summed E-state index contributed by atoms with van der Waals surface area (Å²) in [6, 6.07) is 4.98. The van der Waals surface area contributed by atoms with Gasteiger partial charge in [0.15, 0.2) is 0 Å². The quantitative estimate of drug-likeness (QED) is 0.872. The molecule has 25 heavy (non-hydrogen) atoms. The SMILES string of the molecule is CC(=O)N1CCC(N2CCN(Cc3ccc(C)o3)[C@@H](CCO)C2)CC1. The van der Waals surface area contributed by atoms with E-state index in [2.05, 4.69) is 15.9 Å². The van der Waals surface area contributed by atoms with E-state index in [4.69, 9.17) is 4.42 Å². The average molecular weight is 349 g/mol. The molecular weight excluding hydrogens is 318 g/mol. The third-order valence-corrected chi connectivity index (χ3v) is 5.68. The van der Waals surface area contributed by atoms with E-state index in [-0.39, 0.29) is 12.5 Å². The largest absolute Gasteiger partial charge is 0.465 e. The van der Waals surface area contributed by atoms with Crippen LogP contribution >= 0.6 is 0 Å². The lowest BCUT2D eigenvalue weighted by atomic mass is 9.99.